The Bertz CT molecular complexity index is 939. The van der Waals surface area contributed by atoms with Crippen molar-refractivity contribution in [3.8, 4) is 0 Å². The third-order valence-electron chi connectivity index (χ3n) is 3.29. The minimum atomic E-state index is -1.43. The minimum absolute atomic E-state index is 0.109. The molecule has 0 aliphatic rings. The Morgan fingerprint density at radius 1 is 1.15 bits per heavy atom. The van der Waals surface area contributed by atoms with Crippen molar-refractivity contribution in [2.24, 2.45) is 0 Å². The summed E-state index contributed by atoms with van der Waals surface area (Å²) in [5.41, 5.74) is -1.46. The van der Waals surface area contributed by atoms with Crippen LogP contribution in [0.3, 0.4) is 0 Å². The van der Waals surface area contributed by atoms with E-state index < -0.39 is 56.6 Å². The van der Waals surface area contributed by atoms with E-state index in [1.807, 2.05) is 0 Å². The summed E-state index contributed by atoms with van der Waals surface area (Å²) in [7, 11) is 0. The zero-order valence-corrected chi connectivity index (χ0v) is 14.2. The molecule has 0 saturated carbocycles. The molecule has 11 heteroatoms. The second-order valence-corrected chi connectivity index (χ2v) is 5.61. The van der Waals surface area contributed by atoms with Crippen LogP contribution in [0.15, 0.2) is 30.3 Å². The van der Waals surface area contributed by atoms with Crippen LogP contribution >= 0.6 is 11.6 Å². The number of halogens is 4. The molecule has 0 unspecified atom stereocenters. The van der Waals surface area contributed by atoms with E-state index in [1.165, 1.54) is 6.92 Å². The van der Waals surface area contributed by atoms with Crippen molar-refractivity contribution in [1.29, 1.82) is 0 Å². The molecule has 0 saturated heterocycles. The van der Waals surface area contributed by atoms with Crippen molar-refractivity contribution >= 4 is 34.9 Å². The predicted octanol–water partition coefficient (Wildman–Crippen LogP) is 3.85. The fourth-order valence-electron chi connectivity index (χ4n) is 1.93. The van der Waals surface area contributed by atoms with E-state index in [9.17, 15) is 32.9 Å². The molecule has 1 atom stereocenters. The minimum Gasteiger partial charge on any atom is -0.449 e. The number of amides is 1. The molecule has 0 radical (unpaired) electrons. The molecular formula is C16H10ClF3N2O5. The zero-order chi connectivity index (χ0) is 20.3. The standard InChI is InChI=1S/C16H10ClF3N2O5/c1-7(27-16(24)9-5-12(19)13(20)6-10(9)17)15(23)21-8-2-3-11(18)14(4-8)22(25)26/h2-7H,1H3,(H,21,23)/t7-/m1/s1. The van der Waals surface area contributed by atoms with Gasteiger partial charge in [-0.05, 0) is 31.2 Å². The molecule has 0 fully saturated rings. The van der Waals surface area contributed by atoms with Gasteiger partial charge in [-0.15, -0.1) is 0 Å². The van der Waals surface area contributed by atoms with E-state index in [-0.39, 0.29) is 5.69 Å². The summed E-state index contributed by atoms with van der Waals surface area (Å²) in [5, 5.41) is 12.5. The first-order valence-electron chi connectivity index (χ1n) is 7.20. The summed E-state index contributed by atoms with van der Waals surface area (Å²) >= 11 is 5.64. The van der Waals surface area contributed by atoms with E-state index in [2.05, 4.69) is 5.32 Å². The molecule has 2 rings (SSSR count). The van der Waals surface area contributed by atoms with Gasteiger partial charge >= 0.3 is 11.7 Å². The van der Waals surface area contributed by atoms with E-state index in [1.54, 1.807) is 0 Å². The molecule has 142 valence electrons. The van der Waals surface area contributed by atoms with Gasteiger partial charge < -0.3 is 10.1 Å². The molecule has 0 aliphatic heterocycles. The van der Waals surface area contributed by atoms with Gasteiger partial charge in [-0.2, -0.15) is 4.39 Å². The SMILES string of the molecule is C[C@@H](OC(=O)c1cc(F)c(F)cc1Cl)C(=O)Nc1ccc(F)c([N+](=O)[O-])c1. The molecular weight excluding hydrogens is 393 g/mol. The molecule has 0 spiro atoms. The van der Waals surface area contributed by atoms with E-state index in [0.29, 0.717) is 12.1 Å². The molecule has 1 N–H and O–H groups in total. The maximum Gasteiger partial charge on any atom is 0.340 e. The van der Waals surface area contributed by atoms with Crippen molar-refractivity contribution < 1.29 is 32.4 Å². The number of benzene rings is 2. The molecule has 0 bridgehead atoms. The lowest BCUT2D eigenvalue weighted by Crippen LogP contribution is -2.30. The second kappa shape index (κ2) is 8.04. The fourth-order valence-corrected chi connectivity index (χ4v) is 2.16. The highest BCUT2D eigenvalue weighted by molar-refractivity contribution is 6.33. The van der Waals surface area contributed by atoms with Crippen molar-refractivity contribution in [2.45, 2.75) is 13.0 Å². The van der Waals surface area contributed by atoms with Crippen LogP contribution in [-0.2, 0) is 9.53 Å². The number of nitrogens with one attached hydrogen (secondary N) is 1. The summed E-state index contributed by atoms with van der Waals surface area (Å²) < 4.78 is 44.4. The van der Waals surface area contributed by atoms with Gasteiger partial charge in [-0.1, -0.05) is 11.6 Å². The summed E-state index contributed by atoms with van der Waals surface area (Å²) in [6.07, 6.45) is -1.43. The van der Waals surface area contributed by atoms with Crippen LogP contribution in [0.4, 0.5) is 24.5 Å². The first-order chi connectivity index (χ1) is 12.6. The number of carbonyl (C=O) groups excluding carboxylic acids is 2. The largest absolute Gasteiger partial charge is 0.449 e. The average molecular weight is 403 g/mol. The monoisotopic (exact) mass is 402 g/mol. The highest BCUT2D eigenvalue weighted by Gasteiger charge is 2.23. The van der Waals surface area contributed by atoms with Crippen LogP contribution in [0.2, 0.25) is 5.02 Å². The first-order valence-corrected chi connectivity index (χ1v) is 7.58. The third kappa shape index (κ3) is 4.73. The maximum atomic E-state index is 13.3. The normalized spacial score (nSPS) is 11.6. The second-order valence-electron chi connectivity index (χ2n) is 5.21. The Balaban J connectivity index is 2.10. The molecule has 2 aromatic rings. The Morgan fingerprint density at radius 3 is 2.41 bits per heavy atom. The quantitative estimate of drug-likeness (QED) is 0.354. The van der Waals surface area contributed by atoms with Crippen LogP contribution in [-0.4, -0.2) is 22.9 Å². The number of anilines is 1. The van der Waals surface area contributed by atoms with Gasteiger partial charge in [-0.3, -0.25) is 14.9 Å². The highest BCUT2D eigenvalue weighted by atomic mass is 35.5. The van der Waals surface area contributed by atoms with E-state index >= 15 is 0 Å². The summed E-state index contributed by atoms with van der Waals surface area (Å²) in [5.74, 6) is -5.78. The molecule has 0 aromatic heterocycles. The Morgan fingerprint density at radius 2 is 1.78 bits per heavy atom. The zero-order valence-electron chi connectivity index (χ0n) is 13.5. The Labute approximate surface area is 154 Å². The number of rotatable bonds is 5. The Hall–Kier alpha value is -3.14. The van der Waals surface area contributed by atoms with Crippen LogP contribution in [0, 0.1) is 27.6 Å². The number of nitro groups is 1. The third-order valence-corrected chi connectivity index (χ3v) is 3.61. The summed E-state index contributed by atoms with van der Waals surface area (Å²) in [4.78, 5) is 33.7. The number of esters is 1. The number of nitrogens with zero attached hydrogens (tertiary/aromatic N) is 1. The van der Waals surface area contributed by atoms with Gasteiger partial charge in [0.1, 0.15) is 0 Å². The lowest BCUT2D eigenvalue weighted by Gasteiger charge is -2.14. The summed E-state index contributed by atoms with van der Waals surface area (Å²) in [6.45, 7) is 1.17. The fraction of sp³-hybridized carbons (Fsp3) is 0.125. The van der Waals surface area contributed by atoms with Crippen LogP contribution < -0.4 is 5.32 Å². The van der Waals surface area contributed by atoms with Crippen LogP contribution in [0.5, 0.6) is 0 Å². The Kier molecular flexibility index (Phi) is 6.01. The van der Waals surface area contributed by atoms with Gasteiger partial charge in [0.15, 0.2) is 17.7 Å². The van der Waals surface area contributed by atoms with Gasteiger partial charge in [-0.25, -0.2) is 13.6 Å². The first kappa shape index (κ1) is 20.2. The molecule has 2 aromatic carbocycles. The molecule has 1 amide bonds. The summed E-state index contributed by atoms with van der Waals surface area (Å²) in [6, 6.07) is 3.74. The topological polar surface area (TPSA) is 98.5 Å². The molecule has 0 heterocycles. The van der Waals surface area contributed by atoms with E-state index in [4.69, 9.17) is 16.3 Å². The number of hydrogen-bond acceptors (Lipinski definition) is 5. The lowest BCUT2D eigenvalue weighted by atomic mass is 10.2. The highest BCUT2D eigenvalue weighted by Crippen LogP contribution is 2.23. The van der Waals surface area contributed by atoms with Crippen LogP contribution in [0.25, 0.3) is 0 Å². The van der Waals surface area contributed by atoms with Gasteiger partial charge in [0.25, 0.3) is 5.91 Å². The van der Waals surface area contributed by atoms with Crippen molar-refractivity contribution in [3.05, 3.63) is 68.5 Å². The van der Waals surface area contributed by atoms with Gasteiger partial charge in [0, 0.05) is 11.8 Å². The number of hydrogen-bond donors (Lipinski definition) is 1. The van der Waals surface area contributed by atoms with Crippen molar-refractivity contribution in [2.75, 3.05) is 5.32 Å². The van der Waals surface area contributed by atoms with Crippen LogP contribution in [0.1, 0.15) is 17.3 Å². The number of carbonyl (C=O) groups is 2. The molecule has 0 aliphatic carbocycles. The smallest absolute Gasteiger partial charge is 0.340 e. The number of nitro benzene ring substituents is 1. The van der Waals surface area contributed by atoms with E-state index in [0.717, 1.165) is 18.2 Å². The van der Waals surface area contributed by atoms with Crippen molar-refractivity contribution in [3.63, 3.8) is 0 Å². The maximum absolute atomic E-state index is 13.3. The average Bonchev–Trinajstić information content (AvgIpc) is 2.59. The molecule has 27 heavy (non-hydrogen) atoms. The predicted molar refractivity (Wildman–Crippen MR) is 87.9 cm³/mol. The van der Waals surface area contributed by atoms with Crippen molar-refractivity contribution in [1.82, 2.24) is 0 Å². The van der Waals surface area contributed by atoms with Gasteiger partial charge in [0.2, 0.25) is 5.82 Å². The van der Waals surface area contributed by atoms with Gasteiger partial charge in [0.05, 0.1) is 15.5 Å². The lowest BCUT2D eigenvalue weighted by molar-refractivity contribution is -0.387. The molecule has 7 nitrogen and oxygen atoms in total. The number of ether oxygens (including phenoxy) is 1.